The number of ether oxygens (including phenoxy) is 1. The van der Waals surface area contributed by atoms with Gasteiger partial charge in [0.05, 0.1) is 12.7 Å². The van der Waals surface area contributed by atoms with Crippen molar-refractivity contribution in [2.45, 2.75) is 90.8 Å². The Labute approximate surface area is 188 Å². The molecule has 172 valence electrons. The van der Waals surface area contributed by atoms with E-state index in [4.69, 9.17) is 4.74 Å². The number of nitrogens with zero attached hydrogens (tertiary/aromatic N) is 2. The molecule has 0 radical (unpaired) electrons. The van der Waals surface area contributed by atoms with Crippen molar-refractivity contribution in [3.8, 4) is 5.75 Å². The Balaban J connectivity index is 1.51. The van der Waals surface area contributed by atoms with Crippen LogP contribution in [0.5, 0.6) is 5.75 Å². The Morgan fingerprint density at radius 3 is 2.58 bits per heavy atom. The fraction of sp³-hybridized carbons (Fsp3) is 0.704. The molecule has 0 amide bonds. The van der Waals surface area contributed by atoms with Gasteiger partial charge in [0.15, 0.2) is 0 Å². The van der Waals surface area contributed by atoms with E-state index >= 15 is 0 Å². The molecule has 1 aromatic heterocycles. The number of aliphatic hydroxyl groups is 1. The van der Waals surface area contributed by atoms with E-state index in [1.165, 1.54) is 55.0 Å². The molecular formula is C27H42N2O2. The summed E-state index contributed by atoms with van der Waals surface area (Å²) in [5, 5.41) is 11.2. The number of hydrogen-bond donors (Lipinski definition) is 1. The van der Waals surface area contributed by atoms with Gasteiger partial charge in [-0.1, -0.05) is 46.0 Å². The van der Waals surface area contributed by atoms with Crippen molar-refractivity contribution >= 4 is 10.9 Å². The highest BCUT2D eigenvalue weighted by molar-refractivity contribution is 5.85. The van der Waals surface area contributed by atoms with Crippen LogP contribution >= 0.6 is 0 Å². The molecule has 0 atom stereocenters. The van der Waals surface area contributed by atoms with Crippen molar-refractivity contribution in [2.75, 3.05) is 19.7 Å². The molecule has 2 aliphatic rings. The summed E-state index contributed by atoms with van der Waals surface area (Å²) < 4.78 is 8.59. The molecule has 2 fully saturated rings. The Hall–Kier alpha value is -1.52. The molecule has 4 nitrogen and oxygen atoms in total. The highest BCUT2D eigenvalue weighted by atomic mass is 16.5. The second-order valence-corrected chi connectivity index (χ2v) is 10.4. The highest BCUT2D eigenvalue weighted by Crippen LogP contribution is 2.31. The minimum atomic E-state index is -0.117. The first kappa shape index (κ1) is 22.7. The topological polar surface area (TPSA) is 37.6 Å². The molecule has 0 spiro atoms. The van der Waals surface area contributed by atoms with E-state index < -0.39 is 0 Å². The van der Waals surface area contributed by atoms with E-state index in [1.54, 1.807) is 0 Å². The van der Waals surface area contributed by atoms with Gasteiger partial charge in [-0.2, -0.15) is 0 Å². The van der Waals surface area contributed by atoms with Crippen LogP contribution in [0.25, 0.3) is 10.9 Å². The number of rotatable bonds is 9. The van der Waals surface area contributed by atoms with Gasteiger partial charge in [0.2, 0.25) is 0 Å². The summed E-state index contributed by atoms with van der Waals surface area (Å²) in [5.74, 6) is 2.56. The van der Waals surface area contributed by atoms with Crippen LogP contribution in [0.2, 0.25) is 0 Å². The van der Waals surface area contributed by atoms with Gasteiger partial charge in [0, 0.05) is 43.3 Å². The molecule has 2 heterocycles. The van der Waals surface area contributed by atoms with Crippen LogP contribution in [0.3, 0.4) is 0 Å². The first-order valence-corrected chi connectivity index (χ1v) is 12.7. The third-order valence-corrected chi connectivity index (χ3v) is 7.35. The van der Waals surface area contributed by atoms with Gasteiger partial charge >= 0.3 is 0 Å². The molecule has 1 aliphatic carbocycles. The van der Waals surface area contributed by atoms with Crippen molar-refractivity contribution in [1.29, 1.82) is 0 Å². The van der Waals surface area contributed by atoms with Gasteiger partial charge in [-0.3, -0.25) is 4.90 Å². The van der Waals surface area contributed by atoms with Crippen molar-refractivity contribution < 1.29 is 9.84 Å². The van der Waals surface area contributed by atoms with E-state index in [0.29, 0.717) is 5.92 Å². The monoisotopic (exact) mass is 426 g/mol. The van der Waals surface area contributed by atoms with Crippen LogP contribution < -0.4 is 4.74 Å². The van der Waals surface area contributed by atoms with Crippen molar-refractivity contribution in [2.24, 2.45) is 11.8 Å². The molecule has 4 heteroatoms. The van der Waals surface area contributed by atoms with Gasteiger partial charge in [0.1, 0.15) is 5.75 Å². The number of piperidine rings is 1. The summed E-state index contributed by atoms with van der Waals surface area (Å²) in [6, 6.07) is 6.69. The molecule has 0 unspecified atom stereocenters. The second-order valence-electron chi connectivity index (χ2n) is 10.4. The fourth-order valence-electron chi connectivity index (χ4n) is 5.28. The standard InChI is InChI=1S/C27H42N2O2/c1-21(2)13-17-31-25-8-9-27-26(18-25)23(19-28-14-11-24(30)12-15-28)20-29(27)16-10-22-6-4-3-5-7-22/h8-9,18,20-22,24,30H,3-7,10-17,19H2,1-2H3. The number of hydrogen-bond acceptors (Lipinski definition) is 3. The quantitative estimate of drug-likeness (QED) is 0.535. The maximum Gasteiger partial charge on any atom is 0.120 e. The SMILES string of the molecule is CC(C)CCOc1ccc2c(c1)c(CN1CCC(O)CC1)cn2CCC1CCCCC1. The molecule has 1 aromatic carbocycles. The Morgan fingerprint density at radius 1 is 1.06 bits per heavy atom. The lowest BCUT2D eigenvalue weighted by molar-refractivity contribution is 0.0794. The molecule has 1 aliphatic heterocycles. The first-order chi connectivity index (χ1) is 15.1. The maximum atomic E-state index is 9.87. The number of fused-ring (bicyclic) bond motifs is 1. The molecule has 1 saturated carbocycles. The van der Waals surface area contributed by atoms with Gasteiger partial charge in [-0.15, -0.1) is 0 Å². The zero-order valence-electron chi connectivity index (χ0n) is 19.7. The Kier molecular flexibility index (Phi) is 7.95. The second kappa shape index (κ2) is 10.9. The van der Waals surface area contributed by atoms with E-state index in [0.717, 1.165) is 63.7 Å². The molecule has 1 N–H and O–H groups in total. The maximum absolute atomic E-state index is 9.87. The van der Waals surface area contributed by atoms with E-state index in [-0.39, 0.29) is 6.10 Å². The molecule has 2 aromatic rings. The van der Waals surface area contributed by atoms with Crippen LogP contribution in [0.1, 0.15) is 77.2 Å². The lowest BCUT2D eigenvalue weighted by atomic mass is 9.87. The number of aliphatic hydroxyl groups excluding tert-OH is 1. The number of aromatic nitrogens is 1. The smallest absolute Gasteiger partial charge is 0.120 e. The fourth-order valence-corrected chi connectivity index (χ4v) is 5.28. The third kappa shape index (κ3) is 6.26. The molecular weight excluding hydrogens is 384 g/mol. The van der Waals surface area contributed by atoms with Gasteiger partial charge in [-0.05, 0) is 61.3 Å². The summed E-state index contributed by atoms with van der Waals surface area (Å²) in [6.07, 6.45) is 13.5. The average Bonchev–Trinajstić information content (AvgIpc) is 3.11. The lowest BCUT2D eigenvalue weighted by Gasteiger charge is -2.29. The summed E-state index contributed by atoms with van der Waals surface area (Å²) in [5.41, 5.74) is 2.75. The highest BCUT2D eigenvalue weighted by Gasteiger charge is 2.20. The number of benzene rings is 1. The summed E-state index contributed by atoms with van der Waals surface area (Å²) in [6.45, 7) is 9.33. The zero-order valence-corrected chi connectivity index (χ0v) is 19.7. The Morgan fingerprint density at radius 2 is 1.84 bits per heavy atom. The normalized spacial score (nSPS) is 19.5. The van der Waals surface area contributed by atoms with Gasteiger partial charge < -0.3 is 14.4 Å². The minimum absolute atomic E-state index is 0.117. The predicted molar refractivity (Wildman–Crippen MR) is 129 cm³/mol. The van der Waals surface area contributed by atoms with Crippen molar-refractivity contribution in [1.82, 2.24) is 9.47 Å². The van der Waals surface area contributed by atoms with Crippen LogP contribution in [0.4, 0.5) is 0 Å². The van der Waals surface area contributed by atoms with Gasteiger partial charge in [-0.25, -0.2) is 0 Å². The van der Waals surface area contributed by atoms with E-state index in [2.05, 4.69) is 47.7 Å². The molecule has 1 saturated heterocycles. The predicted octanol–water partition coefficient (Wildman–Crippen LogP) is 5.99. The van der Waals surface area contributed by atoms with Crippen LogP contribution in [-0.2, 0) is 13.1 Å². The van der Waals surface area contributed by atoms with E-state index in [1.807, 2.05) is 0 Å². The lowest BCUT2D eigenvalue weighted by Crippen LogP contribution is -2.35. The van der Waals surface area contributed by atoms with Crippen molar-refractivity contribution in [3.05, 3.63) is 30.0 Å². The molecule has 31 heavy (non-hydrogen) atoms. The summed E-state index contributed by atoms with van der Waals surface area (Å²) >= 11 is 0. The van der Waals surface area contributed by atoms with Crippen molar-refractivity contribution in [3.63, 3.8) is 0 Å². The number of aryl methyl sites for hydroxylation is 1. The van der Waals surface area contributed by atoms with E-state index in [9.17, 15) is 5.11 Å². The summed E-state index contributed by atoms with van der Waals surface area (Å²) in [7, 11) is 0. The summed E-state index contributed by atoms with van der Waals surface area (Å²) in [4.78, 5) is 2.50. The Bertz CT molecular complexity index is 814. The zero-order chi connectivity index (χ0) is 21.6. The first-order valence-electron chi connectivity index (χ1n) is 12.7. The van der Waals surface area contributed by atoms with Crippen LogP contribution in [-0.4, -0.2) is 40.4 Å². The van der Waals surface area contributed by atoms with Gasteiger partial charge in [0.25, 0.3) is 0 Å². The largest absolute Gasteiger partial charge is 0.494 e. The molecule has 0 bridgehead atoms. The number of likely N-dealkylation sites (tertiary alicyclic amines) is 1. The van der Waals surface area contributed by atoms with Crippen LogP contribution in [0, 0.1) is 11.8 Å². The molecule has 4 rings (SSSR count). The minimum Gasteiger partial charge on any atom is -0.494 e. The average molecular weight is 427 g/mol. The van der Waals surface area contributed by atoms with Crippen LogP contribution in [0.15, 0.2) is 24.4 Å². The third-order valence-electron chi connectivity index (χ3n) is 7.35.